The lowest BCUT2D eigenvalue weighted by Crippen LogP contribution is -2.36. The standard InChI is InChI=1S/C19H26N4O/c1-4-15(2)13-22-12-8-9-16(14-22)18-20-21(3)19(24)23(18)17-10-6-5-7-11-17/h4-7,10-11,16H,8-9,12-14H2,1-3H3/b15-4+. The van der Waals surface area contributed by atoms with Crippen LogP contribution in [0.4, 0.5) is 0 Å². The molecule has 1 aliphatic rings. The molecule has 5 nitrogen and oxygen atoms in total. The predicted octanol–water partition coefficient (Wildman–Crippen LogP) is 2.72. The molecule has 3 rings (SSSR count). The smallest absolute Gasteiger partial charge is 0.299 e. The molecule has 1 fully saturated rings. The van der Waals surface area contributed by atoms with Gasteiger partial charge in [-0.2, -0.15) is 5.10 Å². The van der Waals surface area contributed by atoms with Crippen LogP contribution >= 0.6 is 0 Å². The molecule has 2 aromatic rings. The van der Waals surface area contributed by atoms with E-state index in [9.17, 15) is 4.79 Å². The molecule has 128 valence electrons. The van der Waals surface area contributed by atoms with E-state index in [1.54, 1.807) is 11.6 Å². The maximum absolute atomic E-state index is 12.6. The van der Waals surface area contributed by atoms with E-state index in [1.165, 1.54) is 10.3 Å². The SMILES string of the molecule is C/C=C(\C)CN1CCCC(c2nn(C)c(=O)n2-c2ccccc2)C1. The molecule has 5 heteroatoms. The van der Waals surface area contributed by atoms with Gasteiger partial charge in [0, 0.05) is 26.1 Å². The molecule has 0 saturated carbocycles. The minimum absolute atomic E-state index is 0.0713. The molecular weight excluding hydrogens is 300 g/mol. The van der Waals surface area contributed by atoms with Crippen molar-refractivity contribution < 1.29 is 0 Å². The lowest BCUT2D eigenvalue weighted by atomic mass is 9.96. The molecule has 1 aromatic heterocycles. The number of benzene rings is 1. The Balaban J connectivity index is 1.92. The number of nitrogens with zero attached hydrogens (tertiary/aromatic N) is 4. The molecule has 0 aliphatic carbocycles. The number of hydrogen-bond acceptors (Lipinski definition) is 3. The number of para-hydroxylation sites is 1. The summed E-state index contributed by atoms with van der Waals surface area (Å²) in [5.41, 5.74) is 2.21. The summed E-state index contributed by atoms with van der Waals surface area (Å²) in [5, 5.41) is 4.57. The van der Waals surface area contributed by atoms with Crippen LogP contribution in [0.25, 0.3) is 5.69 Å². The van der Waals surface area contributed by atoms with Crippen LogP contribution in [0.15, 0.2) is 46.8 Å². The minimum Gasteiger partial charge on any atom is -0.299 e. The summed E-state index contributed by atoms with van der Waals surface area (Å²) in [6.45, 7) is 7.32. The van der Waals surface area contributed by atoms with E-state index in [0.29, 0.717) is 0 Å². The first-order valence-corrected chi connectivity index (χ1v) is 8.65. The number of hydrogen-bond donors (Lipinski definition) is 0. The molecule has 1 unspecified atom stereocenters. The van der Waals surface area contributed by atoms with Crippen LogP contribution in [0, 0.1) is 0 Å². The Hall–Kier alpha value is -2.14. The van der Waals surface area contributed by atoms with E-state index in [-0.39, 0.29) is 11.6 Å². The van der Waals surface area contributed by atoms with E-state index in [1.807, 2.05) is 30.3 Å². The van der Waals surface area contributed by atoms with Gasteiger partial charge in [0.05, 0.1) is 5.69 Å². The Morgan fingerprint density at radius 3 is 2.79 bits per heavy atom. The Morgan fingerprint density at radius 2 is 2.08 bits per heavy atom. The molecule has 0 N–H and O–H groups in total. The number of piperidine rings is 1. The van der Waals surface area contributed by atoms with E-state index < -0.39 is 0 Å². The molecule has 24 heavy (non-hydrogen) atoms. The Bertz CT molecular complexity index is 772. The second-order valence-electron chi connectivity index (χ2n) is 6.64. The maximum Gasteiger partial charge on any atom is 0.350 e. The predicted molar refractivity (Wildman–Crippen MR) is 96.7 cm³/mol. The molecule has 2 heterocycles. The highest BCUT2D eigenvalue weighted by Crippen LogP contribution is 2.26. The van der Waals surface area contributed by atoms with Crippen molar-refractivity contribution in [3.05, 3.63) is 58.3 Å². The second-order valence-corrected chi connectivity index (χ2v) is 6.64. The summed E-state index contributed by atoms with van der Waals surface area (Å²) < 4.78 is 3.23. The van der Waals surface area contributed by atoms with Gasteiger partial charge < -0.3 is 0 Å². The number of aromatic nitrogens is 3. The summed E-state index contributed by atoms with van der Waals surface area (Å²) in [5.74, 6) is 1.18. The quantitative estimate of drug-likeness (QED) is 0.812. The first-order chi connectivity index (χ1) is 11.6. The number of rotatable bonds is 4. The van der Waals surface area contributed by atoms with Crippen molar-refractivity contribution in [2.75, 3.05) is 19.6 Å². The van der Waals surface area contributed by atoms with Crippen LogP contribution < -0.4 is 5.69 Å². The topological polar surface area (TPSA) is 43.1 Å². The molecule has 1 atom stereocenters. The second kappa shape index (κ2) is 7.18. The largest absolute Gasteiger partial charge is 0.350 e. The third-order valence-electron chi connectivity index (χ3n) is 4.80. The lowest BCUT2D eigenvalue weighted by molar-refractivity contribution is 0.218. The van der Waals surface area contributed by atoms with Gasteiger partial charge in [0.1, 0.15) is 5.82 Å². The molecule has 0 spiro atoms. The molecule has 0 radical (unpaired) electrons. The highest BCUT2D eigenvalue weighted by molar-refractivity contribution is 5.33. The summed E-state index contributed by atoms with van der Waals surface area (Å²) in [4.78, 5) is 15.0. The zero-order valence-corrected chi connectivity index (χ0v) is 14.8. The van der Waals surface area contributed by atoms with Crippen LogP contribution in [0.3, 0.4) is 0 Å². The van der Waals surface area contributed by atoms with Crippen LogP contribution in [0.5, 0.6) is 0 Å². The van der Waals surface area contributed by atoms with Crippen molar-refractivity contribution in [1.82, 2.24) is 19.2 Å². The number of likely N-dealkylation sites (tertiary alicyclic amines) is 1. The lowest BCUT2D eigenvalue weighted by Gasteiger charge is -2.32. The monoisotopic (exact) mass is 326 g/mol. The Labute approximate surface area is 143 Å². The van der Waals surface area contributed by atoms with Crippen LogP contribution in [0.1, 0.15) is 38.4 Å². The van der Waals surface area contributed by atoms with Gasteiger partial charge in [0.25, 0.3) is 0 Å². The molecule has 0 bridgehead atoms. The van der Waals surface area contributed by atoms with E-state index in [2.05, 4.69) is 29.9 Å². The number of allylic oxidation sites excluding steroid dienone is 1. The van der Waals surface area contributed by atoms with Crippen molar-refractivity contribution in [3.8, 4) is 5.69 Å². The average molecular weight is 326 g/mol. The van der Waals surface area contributed by atoms with Crippen molar-refractivity contribution in [2.24, 2.45) is 7.05 Å². The van der Waals surface area contributed by atoms with Crippen molar-refractivity contribution in [3.63, 3.8) is 0 Å². The molecule has 1 aromatic carbocycles. The van der Waals surface area contributed by atoms with E-state index >= 15 is 0 Å². The third-order valence-corrected chi connectivity index (χ3v) is 4.80. The summed E-state index contributed by atoms with van der Waals surface area (Å²) >= 11 is 0. The summed E-state index contributed by atoms with van der Waals surface area (Å²) in [6.07, 6.45) is 4.39. The highest BCUT2D eigenvalue weighted by atomic mass is 16.2. The normalized spacial score (nSPS) is 19.6. The highest BCUT2D eigenvalue weighted by Gasteiger charge is 2.27. The fourth-order valence-electron chi connectivity index (χ4n) is 3.42. The first kappa shape index (κ1) is 16.7. The Morgan fingerprint density at radius 1 is 1.33 bits per heavy atom. The van der Waals surface area contributed by atoms with Gasteiger partial charge in [0.15, 0.2) is 0 Å². The van der Waals surface area contributed by atoms with Crippen LogP contribution in [-0.2, 0) is 7.05 Å². The maximum atomic E-state index is 12.6. The fraction of sp³-hybridized carbons (Fsp3) is 0.474. The zero-order valence-electron chi connectivity index (χ0n) is 14.8. The van der Waals surface area contributed by atoms with Gasteiger partial charge in [-0.1, -0.05) is 29.8 Å². The van der Waals surface area contributed by atoms with Gasteiger partial charge in [-0.25, -0.2) is 14.0 Å². The first-order valence-electron chi connectivity index (χ1n) is 8.65. The molecule has 1 aliphatic heterocycles. The molecule has 1 saturated heterocycles. The minimum atomic E-state index is -0.0713. The third kappa shape index (κ3) is 3.36. The zero-order chi connectivity index (χ0) is 17.1. The van der Waals surface area contributed by atoms with E-state index in [4.69, 9.17) is 0 Å². The van der Waals surface area contributed by atoms with Crippen LogP contribution in [0.2, 0.25) is 0 Å². The summed E-state index contributed by atoms with van der Waals surface area (Å²) in [6, 6.07) is 9.82. The van der Waals surface area contributed by atoms with Crippen molar-refractivity contribution >= 4 is 0 Å². The van der Waals surface area contributed by atoms with Crippen molar-refractivity contribution in [1.29, 1.82) is 0 Å². The van der Waals surface area contributed by atoms with Gasteiger partial charge in [-0.15, -0.1) is 0 Å². The van der Waals surface area contributed by atoms with Gasteiger partial charge >= 0.3 is 5.69 Å². The van der Waals surface area contributed by atoms with Crippen LogP contribution in [-0.4, -0.2) is 38.9 Å². The molecule has 0 amide bonds. The van der Waals surface area contributed by atoms with Gasteiger partial charge in [-0.3, -0.25) is 4.90 Å². The van der Waals surface area contributed by atoms with Crippen molar-refractivity contribution in [2.45, 2.75) is 32.6 Å². The summed E-state index contributed by atoms with van der Waals surface area (Å²) in [7, 11) is 1.73. The van der Waals surface area contributed by atoms with E-state index in [0.717, 1.165) is 44.0 Å². The number of aryl methyl sites for hydroxylation is 1. The molecular formula is C19H26N4O. The van der Waals surface area contributed by atoms with Gasteiger partial charge in [-0.05, 0) is 45.4 Å². The fourth-order valence-corrected chi connectivity index (χ4v) is 3.42. The Kier molecular flexibility index (Phi) is 5.00. The van der Waals surface area contributed by atoms with Gasteiger partial charge in [0.2, 0.25) is 0 Å². The average Bonchev–Trinajstić information content (AvgIpc) is 2.91.